The van der Waals surface area contributed by atoms with Crippen molar-refractivity contribution in [2.45, 2.75) is 51.5 Å². The lowest BCUT2D eigenvalue weighted by atomic mass is 10.0. The summed E-state index contributed by atoms with van der Waals surface area (Å²) in [6.45, 7) is 6.25. The number of nitrogens with zero attached hydrogens (tertiary/aromatic N) is 2. The van der Waals surface area contributed by atoms with Gasteiger partial charge >= 0.3 is 6.03 Å². The molecule has 2 aromatic carbocycles. The van der Waals surface area contributed by atoms with Crippen LogP contribution in [0.4, 0.5) is 14.9 Å². The summed E-state index contributed by atoms with van der Waals surface area (Å²) in [6.07, 6.45) is 1.93. The van der Waals surface area contributed by atoms with Gasteiger partial charge in [-0.25, -0.2) is 9.18 Å². The maximum absolute atomic E-state index is 14.8. The number of amides is 2. The van der Waals surface area contributed by atoms with Gasteiger partial charge < -0.3 is 25.0 Å². The number of phenolic OH excluding ortho intramolecular Hbond substituents is 1. The predicted octanol–water partition coefficient (Wildman–Crippen LogP) is 4.19. The van der Waals surface area contributed by atoms with Crippen molar-refractivity contribution < 1.29 is 19.0 Å². The molecule has 2 saturated heterocycles. The van der Waals surface area contributed by atoms with E-state index in [-0.39, 0.29) is 42.4 Å². The third kappa shape index (κ3) is 4.93. The molecular weight excluding hydrogens is 397 g/mol. The molecule has 0 radical (unpaired) electrons. The van der Waals surface area contributed by atoms with Crippen molar-refractivity contribution >= 4 is 11.7 Å². The molecule has 2 aromatic rings. The smallest absolute Gasteiger partial charge is 0.318 e. The third-order valence-corrected chi connectivity index (χ3v) is 6.01. The second kappa shape index (κ2) is 9.14. The number of likely N-dealkylation sites (tertiary alicyclic amines) is 1. The molecule has 0 spiro atoms. The fraction of sp³-hybridized carbons (Fsp3) is 0.458. The van der Waals surface area contributed by atoms with E-state index >= 15 is 0 Å². The quantitative estimate of drug-likeness (QED) is 0.768. The van der Waals surface area contributed by atoms with Gasteiger partial charge in [0.05, 0.1) is 23.9 Å². The molecule has 6 nitrogen and oxygen atoms in total. The van der Waals surface area contributed by atoms with E-state index < -0.39 is 0 Å². The molecule has 2 N–H and O–H groups in total. The number of halogens is 1. The van der Waals surface area contributed by atoms with Gasteiger partial charge in [-0.05, 0) is 62.1 Å². The minimum atomic E-state index is -0.281. The van der Waals surface area contributed by atoms with Crippen LogP contribution in [-0.4, -0.2) is 47.9 Å². The van der Waals surface area contributed by atoms with Crippen molar-refractivity contribution in [1.29, 1.82) is 0 Å². The zero-order valence-corrected chi connectivity index (χ0v) is 18.1. The molecule has 2 amide bonds. The molecule has 7 heteroatoms. The molecule has 31 heavy (non-hydrogen) atoms. The number of morpholine rings is 1. The SMILES string of the molecule is C[C@@H]1CN(c2ccc(CNC(=O)N3CCC[C@@H]3c3ccc(O)cc3)cc2F)C[C@@H](C)O1. The van der Waals surface area contributed by atoms with Gasteiger partial charge in [-0.2, -0.15) is 0 Å². The molecule has 2 fully saturated rings. The number of carbonyl (C=O) groups excluding carboxylic acids is 1. The van der Waals surface area contributed by atoms with Gasteiger partial charge in [0.1, 0.15) is 11.6 Å². The summed E-state index contributed by atoms with van der Waals surface area (Å²) in [5, 5.41) is 12.4. The van der Waals surface area contributed by atoms with Gasteiger partial charge in [0.15, 0.2) is 0 Å². The highest BCUT2D eigenvalue weighted by Crippen LogP contribution is 2.32. The van der Waals surface area contributed by atoms with Crippen LogP contribution in [0.15, 0.2) is 42.5 Å². The van der Waals surface area contributed by atoms with E-state index in [4.69, 9.17) is 4.74 Å². The summed E-state index contributed by atoms with van der Waals surface area (Å²) >= 11 is 0. The number of carbonyl (C=O) groups is 1. The van der Waals surface area contributed by atoms with Crippen molar-refractivity contribution in [2.24, 2.45) is 0 Å². The minimum Gasteiger partial charge on any atom is -0.508 e. The number of anilines is 1. The van der Waals surface area contributed by atoms with Crippen LogP contribution < -0.4 is 10.2 Å². The number of ether oxygens (including phenoxy) is 1. The van der Waals surface area contributed by atoms with Crippen LogP contribution in [0.25, 0.3) is 0 Å². The van der Waals surface area contributed by atoms with Gasteiger partial charge in [-0.1, -0.05) is 18.2 Å². The summed E-state index contributed by atoms with van der Waals surface area (Å²) < 4.78 is 20.5. The number of aromatic hydroxyl groups is 1. The van der Waals surface area contributed by atoms with E-state index in [2.05, 4.69) is 5.32 Å². The molecule has 2 heterocycles. The normalized spacial score (nSPS) is 23.8. The van der Waals surface area contributed by atoms with Gasteiger partial charge in [0.25, 0.3) is 0 Å². The third-order valence-electron chi connectivity index (χ3n) is 6.01. The molecule has 2 aliphatic heterocycles. The highest BCUT2D eigenvalue weighted by atomic mass is 19.1. The maximum atomic E-state index is 14.8. The van der Waals surface area contributed by atoms with Crippen LogP contribution in [0.3, 0.4) is 0 Å². The highest BCUT2D eigenvalue weighted by Gasteiger charge is 2.30. The molecule has 4 rings (SSSR count). The van der Waals surface area contributed by atoms with Gasteiger partial charge in [-0.3, -0.25) is 0 Å². The predicted molar refractivity (Wildman–Crippen MR) is 118 cm³/mol. The molecule has 0 saturated carbocycles. The average molecular weight is 428 g/mol. The Balaban J connectivity index is 1.38. The summed E-state index contributed by atoms with van der Waals surface area (Å²) in [5.74, 6) is -0.0691. The number of phenols is 1. The number of nitrogens with one attached hydrogen (secondary N) is 1. The van der Waals surface area contributed by atoms with E-state index in [0.717, 1.165) is 24.0 Å². The van der Waals surface area contributed by atoms with E-state index in [1.165, 1.54) is 6.07 Å². The van der Waals surface area contributed by atoms with Crippen LogP contribution in [0, 0.1) is 5.82 Å². The highest BCUT2D eigenvalue weighted by molar-refractivity contribution is 5.75. The first kappa shape index (κ1) is 21.4. The fourth-order valence-electron chi connectivity index (χ4n) is 4.62. The van der Waals surface area contributed by atoms with Crippen molar-refractivity contribution in [1.82, 2.24) is 10.2 Å². The first-order valence-electron chi connectivity index (χ1n) is 10.9. The summed E-state index contributed by atoms with van der Waals surface area (Å²) in [5.41, 5.74) is 2.31. The van der Waals surface area contributed by atoms with Crippen LogP contribution in [0.1, 0.15) is 43.9 Å². The first-order chi connectivity index (χ1) is 14.9. The lowest BCUT2D eigenvalue weighted by molar-refractivity contribution is -0.00539. The van der Waals surface area contributed by atoms with Gasteiger partial charge in [-0.15, -0.1) is 0 Å². The molecule has 3 atom stereocenters. The number of hydrogen-bond acceptors (Lipinski definition) is 4. The minimum absolute atomic E-state index is 0.00925. The van der Waals surface area contributed by atoms with Crippen LogP contribution in [0.5, 0.6) is 5.75 Å². The number of rotatable bonds is 4. The zero-order chi connectivity index (χ0) is 22.0. The monoisotopic (exact) mass is 427 g/mol. The molecule has 0 bridgehead atoms. The summed E-state index contributed by atoms with van der Waals surface area (Å²) in [7, 11) is 0. The first-order valence-corrected chi connectivity index (χ1v) is 10.9. The second-order valence-corrected chi connectivity index (χ2v) is 8.55. The standard InChI is InChI=1S/C24H30FN3O3/c1-16-14-27(15-17(2)31-16)23-10-5-18(12-21(23)25)13-26-24(30)28-11-3-4-22(28)19-6-8-20(29)9-7-19/h5-10,12,16-17,22,29H,3-4,11,13-15H2,1-2H3,(H,26,30)/t16-,17-,22-/m1/s1. The Bertz CT molecular complexity index is 911. The van der Waals surface area contributed by atoms with Crippen LogP contribution >= 0.6 is 0 Å². The second-order valence-electron chi connectivity index (χ2n) is 8.55. The molecule has 166 valence electrons. The molecule has 2 aliphatic rings. The lowest BCUT2D eigenvalue weighted by Gasteiger charge is -2.37. The fourth-order valence-corrected chi connectivity index (χ4v) is 4.62. The lowest BCUT2D eigenvalue weighted by Crippen LogP contribution is -2.45. The average Bonchev–Trinajstić information content (AvgIpc) is 3.22. The zero-order valence-electron chi connectivity index (χ0n) is 18.1. The molecule has 0 aromatic heterocycles. The van der Waals surface area contributed by atoms with E-state index in [9.17, 15) is 14.3 Å². The largest absolute Gasteiger partial charge is 0.508 e. The van der Waals surface area contributed by atoms with Crippen molar-refractivity contribution in [3.8, 4) is 5.75 Å². The number of urea groups is 1. The Kier molecular flexibility index (Phi) is 6.32. The van der Waals surface area contributed by atoms with E-state index in [1.807, 2.05) is 41.8 Å². The Labute approximate surface area is 182 Å². The van der Waals surface area contributed by atoms with Crippen molar-refractivity contribution in [2.75, 3.05) is 24.5 Å². The Morgan fingerprint density at radius 3 is 2.55 bits per heavy atom. The number of hydrogen-bond donors (Lipinski definition) is 2. The Morgan fingerprint density at radius 2 is 1.87 bits per heavy atom. The summed E-state index contributed by atoms with van der Waals surface area (Å²) in [4.78, 5) is 16.6. The molecule has 0 aliphatic carbocycles. The van der Waals surface area contributed by atoms with E-state index in [0.29, 0.717) is 25.3 Å². The van der Waals surface area contributed by atoms with Crippen LogP contribution in [0.2, 0.25) is 0 Å². The Hall–Kier alpha value is -2.80. The van der Waals surface area contributed by atoms with Gasteiger partial charge in [0, 0.05) is 26.2 Å². The van der Waals surface area contributed by atoms with Crippen LogP contribution in [-0.2, 0) is 11.3 Å². The van der Waals surface area contributed by atoms with E-state index in [1.54, 1.807) is 18.2 Å². The maximum Gasteiger partial charge on any atom is 0.318 e. The topological polar surface area (TPSA) is 65.0 Å². The van der Waals surface area contributed by atoms with Gasteiger partial charge in [0.2, 0.25) is 0 Å². The molecule has 0 unspecified atom stereocenters. The van der Waals surface area contributed by atoms with Crippen molar-refractivity contribution in [3.05, 3.63) is 59.4 Å². The van der Waals surface area contributed by atoms with Crippen molar-refractivity contribution in [3.63, 3.8) is 0 Å². The summed E-state index contributed by atoms with van der Waals surface area (Å²) in [6, 6.07) is 12.0. The molecular formula is C24H30FN3O3. The Morgan fingerprint density at radius 1 is 1.16 bits per heavy atom. The number of benzene rings is 2.